The number of nitrogens with zero attached hydrogens (tertiary/aromatic N) is 8. The molecule has 0 unspecified atom stereocenters. The molecule has 0 amide bonds. The molecule has 6 aromatic carbocycles. The van der Waals surface area contributed by atoms with Gasteiger partial charge >= 0.3 is 0 Å². The van der Waals surface area contributed by atoms with Gasteiger partial charge in [-0.3, -0.25) is 9.59 Å². The predicted octanol–water partition coefficient (Wildman–Crippen LogP) is 17.5. The van der Waals surface area contributed by atoms with E-state index in [1.165, 1.54) is 61.9 Å². The van der Waals surface area contributed by atoms with Crippen molar-refractivity contribution in [3.8, 4) is 66.0 Å². The molecule has 0 radical (unpaired) electrons. The number of aromatic nitrogens is 4. The fourth-order valence-corrected chi connectivity index (χ4v) is 19.9. The van der Waals surface area contributed by atoms with Crippen LogP contribution in [0.3, 0.4) is 0 Å². The largest absolute Gasteiger partial charge is 0.289 e. The van der Waals surface area contributed by atoms with Gasteiger partial charge in [0.25, 0.3) is 0 Å². The third-order valence-corrected chi connectivity index (χ3v) is 22.7. The van der Waals surface area contributed by atoms with Gasteiger partial charge < -0.3 is 0 Å². The second kappa shape index (κ2) is 17.2. The standard InChI is InChI=1S/C66H32N8O2S6/c1-65(2)45-23-47-31(21-49(77-47)39-15-13-29(55-57(39)73-81-71-55)17-43-51(33(25-67)26-68)35-9-5-7-11-37(35)59(43)75)19-41(45)61-53(65)63-64(79-61)54-62(80-63)42-20-32-22-50(78-48(32)24-46(42)66(54,3)4)40-16-14-30(56-58(40)74-82-72-56)18-44-52(34(27-69)28-70)36-10-6-8-12-38(36)60(44)76/h5-24H,1-4H3. The molecule has 4 aliphatic rings. The molecule has 0 atom stereocenters. The topological polar surface area (TPSA) is 181 Å². The maximum atomic E-state index is 13.8. The number of hydrogen-bond acceptors (Lipinski definition) is 16. The summed E-state index contributed by atoms with van der Waals surface area (Å²) < 4.78 is 24.1. The molecule has 6 aromatic heterocycles. The quantitative estimate of drug-likeness (QED) is 0.121. The van der Waals surface area contributed by atoms with E-state index in [-0.39, 0.29) is 33.5 Å². The number of rotatable bonds is 4. The van der Waals surface area contributed by atoms with Gasteiger partial charge in [-0.25, -0.2) is 0 Å². The fraction of sp³-hybridized carbons (Fsp3) is 0.0909. The Bertz CT molecular complexity index is 5030. The molecule has 0 aliphatic heterocycles. The summed E-state index contributed by atoms with van der Waals surface area (Å²) in [5.41, 5.74) is 16.7. The maximum Gasteiger partial charge on any atom is 0.194 e. The minimum absolute atomic E-state index is 0.108. The van der Waals surface area contributed by atoms with Crippen molar-refractivity contribution in [2.45, 2.75) is 38.5 Å². The highest BCUT2D eigenvalue weighted by Crippen LogP contribution is 2.65. The van der Waals surface area contributed by atoms with Gasteiger partial charge in [0.2, 0.25) is 0 Å². The molecule has 0 N–H and O–H groups in total. The summed E-state index contributed by atoms with van der Waals surface area (Å²) in [6.45, 7) is 9.47. The second-order valence-corrected chi connectivity index (χ2v) is 27.0. The van der Waals surface area contributed by atoms with E-state index in [1.54, 1.807) is 83.4 Å². The maximum absolute atomic E-state index is 13.8. The molecule has 0 spiro atoms. The number of fused-ring (bicyclic) bond motifs is 15. The normalized spacial score (nSPS) is 16.0. The molecule has 384 valence electrons. The Morgan fingerprint density at radius 3 is 1.24 bits per heavy atom. The highest BCUT2D eigenvalue weighted by molar-refractivity contribution is 7.32. The van der Waals surface area contributed by atoms with Crippen molar-refractivity contribution in [3.05, 3.63) is 187 Å². The lowest BCUT2D eigenvalue weighted by Gasteiger charge is -2.22. The molecule has 10 nitrogen and oxygen atoms in total. The van der Waals surface area contributed by atoms with Gasteiger partial charge in [-0.05, 0) is 104 Å². The number of ketones is 2. The third kappa shape index (κ3) is 6.48. The Kier molecular flexibility index (Phi) is 10.2. The molecule has 6 heterocycles. The minimum atomic E-state index is -0.253. The van der Waals surface area contributed by atoms with Gasteiger partial charge in [0.05, 0.1) is 32.9 Å². The monoisotopic (exact) mass is 1160 g/mol. The highest BCUT2D eigenvalue weighted by atomic mass is 32.1. The molecule has 16 rings (SSSR count). The van der Waals surface area contributed by atoms with Crippen LogP contribution in [0.4, 0.5) is 0 Å². The molecule has 16 heteroatoms. The summed E-state index contributed by atoms with van der Waals surface area (Å²) in [6.07, 6.45) is 3.50. The molecular formula is C66H32N8O2S6. The van der Waals surface area contributed by atoms with Gasteiger partial charge in [-0.15, -0.1) is 45.3 Å². The Morgan fingerprint density at radius 1 is 0.451 bits per heavy atom. The van der Waals surface area contributed by atoms with Crippen molar-refractivity contribution in [1.29, 1.82) is 21.0 Å². The first kappa shape index (κ1) is 48.7. The van der Waals surface area contributed by atoms with Crippen LogP contribution in [0, 0.1) is 45.3 Å². The summed E-state index contributed by atoms with van der Waals surface area (Å²) in [7, 11) is 0. The van der Waals surface area contributed by atoms with Crippen molar-refractivity contribution in [3.63, 3.8) is 0 Å². The van der Waals surface area contributed by atoms with E-state index in [1.807, 2.05) is 71.2 Å². The Hall–Kier alpha value is -9.20. The van der Waals surface area contributed by atoms with Crippen LogP contribution in [-0.2, 0) is 10.8 Å². The van der Waals surface area contributed by atoms with Crippen LogP contribution >= 0.6 is 68.8 Å². The van der Waals surface area contributed by atoms with Crippen molar-refractivity contribution in [2.75, 3.05) is 0 Å². The minimum Gasteiger partial charge on any atom is -0.289 e. The number of carbonyl (C=O) groups is 2. The number of thiophene rings is 4. The number of allylic oxidation sites excluding steroid dienone is 6. The fourth-order valence-electron chi connectivity index (χ4n) is 13.0. The van der Waals surface area contributed by atoms with Crippen LogP contribution in [0.1, 0.15) is 92.9 Å². The van der Waals surface area contributed by atoms with Crippen molar-refractivity contribution in [1.82, 2.24) is 17.5 Å². The van der Waals surface area contributed by atoms with Crippen LogP contribution in [0.15, 0.2) is 131 Å². The van der Waals surface area contributed by atoms with E-state index in [2.05, 4.69) is 64.1 Å². The van der Waals surface area contributed by atoms with Gasteiger partial charge in [-0.1, -0.05) is 100 Å². The lowest BCUT2D eigenvalue weighted by atomic mass is 9.81. The van der Waals surface area contributed by atoms with E-state index in [0.29, 0.717) is 66.7 Å². The van der Waals surface area contributed by atoms with Crippen LogP contribution < -0.4 is 0 Å². The summed E-state index contributed by atoms with van der Waals surface area (Å²) >= 11 is 9.57. The predicted molar refractivity (Wildman–Crippen MR) is 332 cm³/mol. The first-order valence-corrected chi connectivity index (χ1v) is 30.6. The number of Topliss-reactive ketones (excluding diaryl/α,β-unsaturated/α-hetero) is 2. The summed E-state index contributed by atoms with van der Waals surface area (Å²) in [6, 6.07) is 44.2. The zero-order chi connectivity index (χ0) is 55.8. The molecule has 12 aromatic rings. The smallest absolute Gasteiger partial charge is 0.194 e. The summed E-state index contributed by atoms with van der Waals surface area (Å²) in [4.78, 5) is 32.4. The van der Waals surface area contributed by atoms with E-state index in [9.17, 15) is 30.6 Å². The number of hydrogen-bond donors (Lipinski definition) is 0. The average molecular weight is 1160 g/mol. The number of benzene rings is 6. The number of nitriles is 4. The van der Waals surface area contributed by atoms with E-state index in [4.69, 9.17) is 17.5 Å². The Morgan fingerprint density at radius 2 is 0.841 bits per heavy atom. The molecule has 82 heavy (non-hydrogen) atoms. The zero-order valence-electron chi connectivity index (χ0n) is 43.4. The van der Waals surface area contributed by atoms with E-state index < -0.39 is 0 Å². The Balaban J connectivity index is 0.740. The number of carbonyl (C=O) groups excluding carboxylic acids is 2. The SMILES string of the molecule is CC1(C)c2cc3sc(-c4ccc(C=C5C(=O)c6ccccc6C5=C(C#N)C#N)c5nsnc45)cc3cc2-c2sc3c4c(sc3c21)-c1cc2cc(-c3ccc(C=C5C(=O)c6ccccc6C5=C(C#N)C#N)c5nsnc35)sc2cc1C4(C)C. The van der Waals surface area contributed by atoms with Crippen LogP contribution in [0.2, 0.25) is 0 Å². The van der Waals surface area contributed by atoms with Crippen LogP contribution in [-0.4, -0.2) is 29.1 Å². The van der Waals surface area contributed by atoms with Gasteiger partial charge in [0, 0.05) is 95.4 Å². The molecular weight excluding hydrogens is 1130 g/mol. The summed E-state index contributed by atoms with van der Waals surface area (Å²) in [5, 5.41) is 42.0. The molecule has 0 saturated carbocycles. The van der Waals surface area contributed by atoms with Crippen LogP contribution in [0.5, 0.6) is 0 Å². The lowest BCUT2D eigenvalue weighted by Crippen LogP contribution is -2.15. The first-order chi connectivity index (χ1) is 39.8. The zero-order valence-corrected chi connectivity index (χ0v) is 48.3. The van der Waals surface area contributed by atoms with Gasteiger partial charge in [0.1, 0.15) is 57.5 Å². The average Bonchev–Trinajstić information content (AvgIpc) is 1.69. The third-order valence-electron chi connectivity index (χ3n) is 16.8. The highest BCUT2D eigenvalue weighted by Gasteiger charge is 2.46. The van der Waals surface area contributed by atoms with Gasteiger partial charge in [0.15, 0.2) is 11.6 Å². The van der Waals surface area contributed by atoms with Crippen LogP contribution in [0.25, 0.3) is 117 Å². The van der Waals surface area contributed by atoms with Gasteiger partial charge in [-0.2, -0.15) is 38.5 Å². The van der Waals surface area contributed by atoms with E-state index >= 15 is 0 Å². The molecule has 0 fully saturated rings. The van der Waals surface area contributed by atoms with Crippen molar-refractivity contribution >= 4 is 155 Å². The molecule has 4 aliphatic carbocycles. The first-order valence-electron chi connectivity index (χ1n) is 25.9. The molecule has 0 saturated heterocycles. The van der Waals surface area contributed by atoms with Crippen molar-refractivity contribution < 1.29 is 9.59 Å². The lowest BCUT2D eigenvalue weighted by molar-refractivity contribution is 0.103. The second-order valence-electron chi connectivity index (χ2n) is 21.8. The van der Waals surface area contributed by atoms with E-state index in [0.717, 1.165) is 66.1 Å². The summed E-state index contributed by atoms with van der Waals surface area (Å²) in [5.74, 6) is -0.469. The molecule has 0 bridgehead atoms. The Labute approximate surface area is 491 Å². The van der Waals surface area contributed by atoms with Crippen molar-refractivity contribution in [2.24, 2.45) is 0 Å².